The quantitative estimate of drug-likeness (QED) is 0.329. The van der Waals surface area contributed by atoms with Crippen molar-refractivity contribution in [3.63, 3.8) is 0 Å². The van der Waals surface area contributed by atoms with E-state index in [2.05, 4.69) is 39.4 Å². The number of carbonyl (C=O) groups excluding carboxylic acids is 2. The number of fused-ring (bicyclic) bond motifs is 5. The summed E-state index contributed by atoms with van der Waals surface area (Å²) in [5, 5.41) is 1.27. The molecule has 5 heteroatoms. The molecular weight excluding hydrogens is 396 g/mol. The Balaban J connectivity index is 1.60. The van der Waals surface area contributed by atoms with Gasteiger partial charge in [0.25, 0.3) is 0 Å². The predicted octanol–water partition coefficient (Wildman–Crippen LogP) is 2.54. The Kier molecular flexibility index (Phi) is 3.34. The number of hydrogen-bond donors (Lipinski definition) is 0. The second-order valence-corrected chi connectivity index (χ2v) is 13.7. The van der Waals surface area contributed by atoms with Crippen LogP contribution in [0.1, 0.15) is 0 Å². The number of anilines is 1. The van der Waals surface area contributed by atoms with Crippen LogP contribution in [0, 0.1) is 11.8 Å². The van der Waals surface area contributed by atoms with E-state index in [0.29, 0.717) is 5.69 Å². The monoisotopic (exact) mass is 413 g/mol. The second-order valence-electron chi connectivity index (χ2n) is 6.81. The van der Waals surface area contributed by atoms with Crippen LogP contribution in [0.15, 0.2) is 72.8 Å². The zero-order valence-electron chi connectivity index (χ0n) is 13.4. The van der Waals surface area contributed by atoms with Gasteiger partial charge in [-0.1, -0.05) is 0 Å². The van der Waals surface area contributed by atoms with Crippen LogP contribution in [0.2, 0.25) is 0 Å². The van der Waals surface area contributed by atoms with E-state index in [1.54, 1.807) is 0 Å². The van der Waals surface area contributed by atoms with Crippen molar-refractivity contribution in [1.29, 1.82) is 0 Å². The SMILES string of the molecule is O=C1[C@@H]2[C@H](C(=O)N1c1ccccc1)[C@@H]1C=C[C@H]2P1(=[Se])c1ccccc1. The average Bonchev–Trinajstić information content (AvgIpc) is 3.22. The van der Waals surface area contributed by atoms with Crippen LogP contribution in [0.25, 0.3) is 0 Å². The van der Waals surface area contributed by atoms with Crippen molar-refractivity contribution in [2.24, 2.45) is 11.8 Å². The van der Waals surface area contributed by atoms with Crippen LogP contribution in [0.3, 0.4) is 0 Å². The molecule has 0 N–H and O–H groups in total. The summed E-state index contributed by atoms with van der Waals surface area (Å²) in [5.74, 6) is -0.516. The van der Waals surface area contributed by atoms with Crippen molar-refractivity contribution < 1.29 is 9.59 Å². The molecule has 124 valence electrons. The predicted molar refractivity (Wildman–Crippen MR) is 101 cm³/mol. The molecule has 25 heavy (non-hydrogen) atoms. The number of nitrogens with zero attached hydrogens (tertiary/aromatic N) is 1. The molecule has 2 aromatic rings. The number of amides is 2. The Morgan fingerprint density at radius 1 is 0.760 bits per heavy atom. The Labute approximate surface area is 153 Å². The molecule has 2 fully saturated rings. The van der Waals surface area contributed by atoms with E-state index < -0.39 is 5.51 Å². The summed E-state index contributed by atoms with van der Waals surface area (Å²) >= 11 is 3.48. The molecule has 2 aromatic carbocycles. The van der Waals surface area contributed by atoms with Gasteiger partial charge in [0.05, 0.1) is 0 Å². The second kappa shape index (κ2) is 5.38. The van der Waals surface area contributed by atoms with E-state index in [9.17, 15) is 9.59 Å². The Hall–Kier alpha value is -1.73. The first-order valence-electron chi connectivity index (χ1n) is 8.40. The summed E-state index contributed by atoms with van der Waals surface area (Å²) in [6, 6.07) is 19.7. The van der Waals surface area contributed by atoms with Gasteiger partial charge >= 0.3 is 154 Å². The van der Waals surface area contributed by atoms with Gasteiger partial charge in [-0.05, 0) is 0 Å². The Morgan fingerprint density at radius 2 is 1.24 bits per heavy atom. The topological polar surface area (TPSA) is 37.4 Å². The van der Waals surface area contributed by atoms with E-state index in [4.69, 9.17) is 0 Å². The van der Waals surface area contributed by atoms with Crippen molar-refractivity contribution in [3.8, 4) is 0 Å². The molecule has 0 radical (unpaired) electrons. The summed E-state index contributed by atoms with van der Waals surface area (Å²) < 4.78 is 0. The van der Waals surface area contributed by atoms with E-state index in [-0.39, 0.29) is 35.0 Å². The first-order chi connectivity index (χ1) is 12.1. The van der Waals surface area contributed by atoms with Crippen LogP contribution < -0.4 is 10.2 Å². The molecule has 3 aliphatic heterocycles. The van der Waals surface area contributed by atoms with Crippen molar-refractivity contribution in [2.45, 2.75) is 11.3 Å². The number of rotatable bonds is 2. The van der Waals surface area contributed by atoms with Gasteiger partial charge in [0.15, 0.2) is 0 Å². The van der Waals surface area contributed by atoms with Crippen molar-refractivity contribution in [2.75, 3.05) is 4.90 Å². The van der Waals surface area contributed by atoms with Gasteiger partial charge < -0.3 is 0 Å². The van der Waals surface area contributed by atoms with Crippen LogP contribution in [-0.4, -0.2) is 38.2 Å². The maximum absolute atomic E-state index is 13.2. The zero-order valence-corrected chi connectivity index (χ0v) is 16.0. The molecule has 2 saturated heterocycles. The van der Waals surface area contributed by atoms with Crippen LogP contribution >= 0.6 is 5.51 Å². The summed E-state index contributed by atoms with van der Waals surface area (Å²) in [5.41, 5.74) is -0.760. The normalized spacial score (nSPS) is 35.4. The van der Waals surface area contributed by atoms with Crippen molar-refractivity contribution in [3.05, 3.63) is 72.8 Å². The fourth-order valence-corrected chi connectivity index (χ4v) is 12.0. The van der Waals surface area contributed by atoms with Crippen LogP contribution in [-0.2, 0) is 9.59 Å². The van der Waals surface area contributed by atoms with E-state index in [1.807, 2.05) is 48.5 Å². The van der Waals surface area contributed by atoms with Crippen molar-refractivity contribution in [1.82, 2.24) is 0 Å². The molecule has 0 saturated carbocycles. The fraction of sp³-hybridized carbons (Fsp3) is 0.200. The van der Waals surface area contributed by atoms with Gasteiger partial charge in [-0.15, -0.1) is 0 Å². The number of allylic oxidation sites excluding steroid dienone is 2. The third-order valence-corrected chi connectivity index (χ3v) is 14.0. The third kappa shape index (κ3) is 1.91. The Bertz CT molecular complexity index is 920. The van der Waals surface area contributed by atoms with E-state index in [0.717, 1.165) is 0 Å². The van der Waals surface area contributed by atoms with Gasteiger partial charge in [-0.2, -0.15) is 0 Å². The van der Waals surface area contributed by atoms with Gasteiger partial charge in [0.1, 0.15) is 0 Å². The molecule has 2 amide bonds. The minimum atomic E-state index is -1.72. The van der Waals surface area contributed by atoms with Gasteiger partial charge in [-0.3, -0.25) is 0 Å². The molecule has 3 heterocycles. The average molecular weight is 412 g/mol. The molecule has 0 aliphatic carbocycles. The number of para-hydroxylation sites is 1. The first kappa shape index (κ1) is 15.5. The van der Waals surface area contributed by atoms with E-state index >= 15 is 0 Å². The molecule has 1 unspecified atom stereocenters. The van der Waals surface area contributed by atoms with Gasteiger partial charge in [0, 0.05) is 0 Å². The summed E-state index contributed by atoms with van der Waals surface area (Å²) in [7, 11) is 0. The summed E-state index contributed by atoms with van der Waals surface area (Å²) in [6.07, 6.45) is 4.37. The Morgan fingerprint density at radius 3 is 1.76 bits per heavy atom. The minimum absolute atomic E-state index is 0.0337. The maximum atomic E-state index is 13.2. The van der Waals surface area contributed by atoms with Gasteiger partial charge in [-0.25, -0.2) is 0 Å². The van der Waals surface area contributed by atoms with Crippen molar-refractivity contribution >= 4 is 43.4 Å². The molecular formula is C20H16NO2PSe. The van der Waals surface area contributed by atoms with Crippen LogP contribution in [0.4, 0.5) is 5.69 Å². The number of benzene rings is 2. The molecule has 2 bridgehead atoms. The standard InChI is InChI=1S/C20H16NO2PSe/c22-19-17-15-11-12-16(24(15,25)14-9-5-2-6-10-14)18(17)20(23)21(19)13-7-3-1-4-8-13/h1-12,15-18H/t15-,16+,17+,18-,24?. The third-order valence-electron chi connectivity index (χ3n) is 5.70. The number of hydrogen-bond acceptors (Lipinski definition) is 2. The molecule has 5 atom stereocenters. The molecule has 0 aromatic heterocycles. The van der Waals surface area contributed by atoms with Crippen LogP contribution in [0.5, 0.6) is 0 Å². The molecule has 3 nitrogen and oxygen atoms in total. The molecule has 3 aliphatic rings. The zero-order chi connectivity index (χ0) is 17.2. The summed E-state index contributed by atoms with van der Waals surface area (Å²) in [6.45, 7) is 0. The number of imide groups is 1. The fourth-order valence-electron chi connectivity index (χ4n) is 4.67. The van der Waals surface area contributed by atoms with E-state index in [1.165, 1.54) is 10.2 Å². The van der Waals surface area contributed by atoms with Gasteiger partial charge in [0.2, 0.25) is 0 Å². The molecule has 0 spiro atoms. The molecule has 5 rings (SSSR count). The summed E-state index contributed by atoms with van der Waals surface area (Å²) in [4.78, 5) is 27.8. The first-order valence-corrected chi connectivity index (χ1v) is 12.5. The number of carbonyl (C=O) groups is 2.